The minimum Gasteiger partial charge on any atom is -0.462 e. The quantitative estimate of drug-likeness (QED) is 0.630. The number of carbonyl (C=O) groups excluding carboxylic acids is 3. The first-order chi connectivity index (χ1) is 11.8. The van der Waals surface area contributed by atoms with Gasteiger partial charge >= 0.3 is 11.9 Å². The number of ketones is 1. The molecule has 2 rings (SSSR count). The highest BCUT2D eigenvalue weighted by atomic mass is 16.6. The molecule has 8 nitrogen and oxygen atoms in total. The molecule has 0 aromatic carbocycles. The van der Waals surface area contributed by atoms with Gasteiger partial charge in [0, 0.05) is 11.8 Å². The third-order valence-electron chi connectivity index (χ3n) is 3.65. The Morgan fingerprint density at radius 2 is 1.92 bits per heavy atom. The van der Waals surface area contributed by atoms with Crippen molar-refractivity contribution in [2.75, 3.05) is 6.61 Å². The van der Waals surface area contributed by atoms with E-state index in [-0.39, 0.29) is 18.1 Å². The van der Waals surface area contributed by atoms with Crippen molar-refractivity contribution in [1.29, 1.82) is 0 Å². The Bertz CT molecular complexity index is 817. The van der Waals surface area contributed by atoms with E-state index in [0.717, 1.165) is 0 Å². The number of ether oxygens (including phenoxy) is 2. The first-order valence-electron chi connectivity index (χ1n) is 7.81. The highest BCUT2D eigenvalue weighted by Gasteiger charge is 2.28. The van der Waals surface area contributed by atoms with Gasteiger partial charge in [0.1, 0.15) is 0 Å². The topological polar surface area (TPSA) is 111 Å². The number of nitrogens with zero attached hydrogens (tertiary/aromatic N) is 1. The lowest BCUT2D eigenvalue weighted by Crippen LogP contribution is -2.25. The second kappa shape index (κ2) is 7.33. The Morgan fingerprint density at radius 1 is 1.24 bits per heavy atom. The fraction of sp³-hybridized carbons (Fsp3) is 0.412. The van der Waals surface area contributed by atoms with Gasteiger partial charge in [-0.1, -0.05) is 5.16 Å². The van der Waals surface area contributed by atoms with Crippen LogP contribution in [0.3, 0.4) is 0 Å². The number of nitrogens with one attached hydrogen (secondary N) is 1. The molecule has 2 heterocycles. The fourth-order valence-electron chi connectivity index (χ4n) is 2.44. The van der Waals surface area contributed by atoms with E-state index in [9.17, 15) is 14.4 Å². The summed E-state index contributed by atoms with van der Waals surface area (Å²) in [5.41, 5.74) is 2.02. The molecule has 0 amide bonds. The second-order valence-corrected chi connectivity index (χ2v) is 5.59. The number of rotatable bonds is 6. The lowest BCUT2D eigenvalue weighted by atomic mass is 10.1. The summed E-state index contributed by atoms with van der Waals surface area (Å²) in [6, 6.07) is 1.42. The van der Waals surface area contributed by atoms with Gasteiger partial charge in [-0.15, -0.1) is 0 Å². The van der Waals surface area contributed by atoms with Crippen LogP contribution >= 0.6 is 0 Å². The zero-order valence-corrected chi connectivity index (χ0v) is 14.8. The number of aromatic amines is 1. The normalized spacial score (nSPS) is 11.9. The van der Waals surface area contributed by atoms with Crippen LogP contribution in [-0.2, 0) is 9.47 Å². The smallest absolute Gasteiger partial charge is 0.377 e. The van der Waals surface area contributed by atoms with Gasteiger partial charge in [0.05, 0.1) is 23.6 Å². The molecule has 0 spiro atoms. The summed E-state index contributed by atoms with van der Waals surface area (Å²) in [6.45, 7) is 8.35. The SMILES string of the molecule is CCOC(=O)c1c(C)[nH]c(C(=O)[C@@H](C)OC(=O)c2cc(C)no2)c1C. The molecule has 0 bridgehead atoms. The molecule has 1 N–H and O–H groups in total. The summed E-state index contributed by atoms with van der Waals surface area (Å²) in [5, 5.41) is 3.60. The summed E-state index contributed by atoms with van der Waals surface area (Å²) < 4.78 is 14.9. The molecular formula is C17H20N2O6. The van der Waals surface area contributed by atoms with Crippen LogP contribution in [0.25, 0.3) is 0 Å². The summed E-state index contributed by atoms with van der Waals surface area (Å²) in [4.78, 5) is 39.4. The average Bonchev–Trinajstić information content (AvgIpc) is 3.10. The van der Waals surface area contributed by atoms with Crippen LogP contribution in [0.4, 0.5) is 0 Å². The van der Waals surface area contributed by atoms with E-state index in [2.05, 4.69) is 10.1 Å². The molecular weight excluding hydrogens is 328 g/mol. The van der Waals surface area contributed by atoms with Crippen LogP contribution in [0.2, 0.25) is 0 Å². The third-order valence-corrected chi connectivity index (χ3v) is 3.65. The first kappa shape index (κ1) is 18.4. The number of esters is 2. The molecule has 0 aliphatic rings. The highest BCUT2D eigenvalue weighted by molar-refractivity contribution is 6.04. The van der Waals surface area contributed by atoms with Crippen LogP contribution in [0.1, 0.15) is 62.2 Å². The van der Waals surface area contributed by atoms with E-state index in [1.807, 2.05) is 0 Å². The standard InChI is InChI=1S/C17H20N2O6/c1-6-23-17(22)13-9(3)14(18-10(13)4)15(20)11(5)24-16(21)12-7-8(2)19-25-12/h7,11,18H,6H2,1-5H3/t11-/m1/s1. The van der Waals surface area contributed by atoms with Crippen molar-refractivity contribution in [1.82, 2.24) is 10.1 Å². The molecule has 8 heteroatoms. The van der Waals surface area contributed by atoms with Gasteiger partial charge < -0.3 is 19.0 Å². The van der Waals surface area contributed by atoms with Crippen LogP contribution in [-0.4, -0.2) is 40.6 Å². The Labute approximate surface area is 144 Å². The summed E-state index contributed by atoms with van der Waals surface area (Å²) in [6.07, 6.45) is -1.07. The molecule has 0 unspecified atom stereocenters. The number of hydrogen-bond donors (Lipinski definition) is 1. The van der Waals surface area contributed by atoms with E-state index < -0.39 is 23.8 Å². The van der Waals surface area contributed by atoms with Gasteiger partial charge in [0.15, 0.2) is 6.10 Å². The maximum Gasteiger partial charge on any atom is 0.377 e. The Hall–Kier alpha value is -2.90. The van der Waals surface area contributed by atoms with Crippen molar-refractivity contribution >= 4 is 17.7 Å². The predicted molar refractivity (Wildman–Crippen MR) is 86.7 cm³/mol. The maximum absolute atomic E-state index is 12.6. The molecule has 1 atom stereocenters. The third kappa shape index (κ3) is 3.78. The van der Waals surface area contributed by atoms with Gasteiger partial charge in [-0.25, -0.2) is 9.59 Å². The Morgan fingerprint density at radius 3 is 2.48 bits per heavy atom. The van der Waals surface area contributed by atoms with E-state index in [1.54, 1.807) is 27.7 Å². The first-order valence-corrected chi connectivity index (χ1v) is 7.81. The largest absolute Gasteiger partial charge is 0.462 e. The van der Waals surface area contributed by atoms with Crippen molar-refractivity contribution in [3.63, 3.8) is 0 Å². The number of aromatic nitrogens is 2. The van der Waals surface area contributed by atoms with E-state index in [4.69, 9.17) is 14.0 Å². The van der Waals surface area contributed by atoms with Crippen LogP contribution < -0.4 is 0 Å². The molecule has 134 valence electrons. The highest BCUT2D eigenvalue weighted by Crippen LogP contribution is 2.21. The Kier molecular flexibility index (Phi) is 5.41. The predicted octanol–water partition coefficient (Wildman–Crippen LogP) is 2.53. The minimum atomic E-state index is -1.07. The molecule has 2 aromatic heterocycles. The van der Waals surface area contributed by atoms with E-state index >= 15 is 0 Å². The van der Waals surface area contributed by atoms with Gasteiger partial charge in [-0.2, -0.15) is 0 Å². The zero-order valence-electron chi connectivity index (χ0n) is 14.8. The molecule has 0 aliphatic carbocycles. The number of aryl methyl sites for hydroxylation is 2. The van der Waals surface area contributed by atoms with Crippen LogP contribution in [0.15, 0.2) is 10.6 Å². The second-order valence-electron chi connectivity index (χ2n) is 5.59. The number of H-pyrrole nitrogens is 1. The van der Waals surface area contributed by atoms with E-state index in [0.29, 0.717) is 22.5 Å². The molecule has 0 saturated carbocycles. The molecule has 0 fully saturated rings. The number of Topliss-reactive ketones (excluding diaryl/α,β-unsaturated/α-hetero) is 1. The maximum atomic E-state index is 12.6. The van der Waals surface area contributed by atoms with Crippen molar-refractivity contribution in [3.8, 4) is 0 Å². The summed E-state index contributed by atoms with van der Waals surface area (Å²) in [7, 11) is 0. The lowest BCUT2D eigenvalue weighted by molar-refractivity contribution is 0.0279. The molecule has 0 aliphatic heterocycles. The molecule has 0 radical (unpaired) electrons. The fourth-order valence-corrected chi connectivity index (χ4v) is 2.44. The van der Waals surface area contributed by atoms with Crippen molar-refractivity contribution in [2.24, 2.45) is 0 Å². The molecule has 0 saturated heterocycles. The van der Waals surface area contributed by atoms with Gasteiger partial charge in [0.25, 0.3) is 0 Å². The van der Waals surface area contributed by atoms with Crippen molar-refractivity contribution in [2.45, 2.75) is 40.7 Å². The number of carbonyl (C=O) groups is 3. The minimum absolute atomic E-state index is 0.0799. The zero-order chi connectivity index (χ0) is 18.7. The van der Waals surface area contributed by atoms with Gasteiger partial charge in [0.2, 0.25) is 11.5 Å². The van der Waals surface area contributed by atoms with E-state index in [1.165, 1.54) is 13.0 Å². The monoisotopic (exact) mass is 348 g/mol. The number of hydrogen-bond acceptors (Lipinski definition) is 7. The van der Waals surface area contributed by atoms with Crippen LogP contribution in [0.5, 0.6) is 0 Å². The lowest BCUT2D eigenvalue weighted by Gasteiger charge is -2.10. The Balaban J connectivity index is 2.18. The molecule has 2 aromatic rings. The summed E-state index contributed by atoms with van der Waals surface area (Å²) in [5.74, 6) is -1.83. The van der Waals surface area contributed by atoms with Crippen LogP contribution in [0, 0.1) is 20.8 Å². The molecule has 25 heavy (non-hydrogen) atoms. The van der Waals surface area contributed by atoms with Gasteiger partial charge in [-0.3, -0.25) is 4.79 Å². The van der Waals surface area contributed by atoms with Gasteiger partial charge in [-0.05, 0) is 40.2 Å². The van der Waals surface area contributed by atoms with Crippen molar-refractivity contribution < 1.29 is 28.4 Å². The van der Waals surface area contributed by atoms with Crippen molar-refractivity contribution in [3.05, 3.63) is 40.0 Å². The summed E-state index contributed by atoms with van der Waals surface area (Å²) >= 11 is 0. The average molecular weight is 348 g/mol.